The summed E-state index contributed by atoms with van der Waals surface area (Å²) in [6.45, 7) is 0. The Kier molecular flexibility index (Phi) is 8.72. The molecule has 0 aromatic heterocycles. The summed E-state index contributed by atoms with van der Waals surface area (Å²) in [6.07, 6.45) is 6.71. The van der Waals surface area contributed by atoms with E-state index in [0.717, 1.165) is 16.7 Å². The molecule has 0 bridgehead atoms. The lowest BCUT2D eigenvalue weighted by Crippen LogP contribution is -2.25. The summed E-state index contributed by atoms with van der Waals surface area (Å²) >= 11 is 6.36. The molecule has 6 nitrogen and oxygen atoms in total. The number of nitrogens with zero attached hydrogens (tertiary/aromatic N) is 2. The van der Waals surface area contributed by atoms with Gasteiger partial charge >= 0.3 is 5.97 Å². The lowest BCUT2D eigenvalue weighted by Gasteiger charge is -2.21. The van der Waals surface area contributed by atoms with Gasteiger partial charge in [0.05, 0.1) is 18.9 Å². The molecule has 0 fully saturated rings. The summed E-state index contributed by atoms with van der Waals surface area (Å²) in [7, 11) is 1.60. The second kappa shape index (κ2) is 12.9. The third-order valence-corrected chi connectivity index (χ3v) is 6.76. The minimum atomic E-state index is -0.540. The highest BCUT2D eigenvalue weighted by atomic mass is 35.5. The number of ether oxygens (including phenoxy) is 2. The minimum absolute atomic E-state index is 0.281. The fourth-order valence-electron chi connectivity index (χ4n) is 4.46. The van der Waals surface area contributed by atoms with Crippen LogP contribution in [-0.4, -0.2) is 29.7 Å². The maximum atomic E-state index is 13.4. The van der Waals surface area contributed by atoms with Crippen LogP contribution in [0.15, 0.2) is 120 Å². The molecule has 0 N–H and O–H groups in total. The van der Waals surface area contributed by atoms with Gasteiger partial charge in [-0.15, -0.1) is 0 Å². The standard InChI is InChI=1S/C34H27ClN2O4/c1-40-28-17-14-26(15-18-28)31-23-30(36-37(31)33(38)20-12-24-8-4-2-5-9-24)29-22-27(35)16-19-32(29)41-34(39)21-13-25-10-6-3-7-11-25/h2-22,31H,23H2,1H3/b20-12+,21-13+/t31-/m0/s1. The van der Waals surface area contributed by atoms with E-state index in [0.29, 0.717) is 34.2 Å². The zero-order valence-corrected chi connectivity index (χ0v) is 23.1. The first-order chi connectivity index (χ1) is 20.0. The molecule has 0 unspecified atom stereocenters. The van der Waals surface area contributed by atoms with Gasteiger partial charge in [-0.3, -0.25) is 4.79 Å². The Hall–Kier alpha value is -4.94. The maximum absolute atomic E-state index is 13.4. The number of rotatable bonds is 8. The Labute approximate surface area is 243 Å². The summed E-state index contributed by atoms with van der Waals surface area (Å²) in [5.41, 5.74) is 3.78. The van der Waals surface area contributed by atoms with Gasteiger partial charge in [-0.25, -0.2) is 9.80 Å². The van der Waals surface area contributed by atoms with Crippen molar-refractivity contribution in [3.63, 3.8) is 0 Å². The lowest BCUT2D eigenvalue weighted by atomic mass is 9.97. The number of carbonyl (C=O) groups is 2. The number of benzene rings is 4. The highest BCUT2D eigenvalue weighted by Crippen LogP contribution is 2.36. The zero-order chi connectivity index (χ0) is 28.6. The molecule has 1 amide bonds. The average Bonchev–Trinajstić information content (AvgIpc) is 3.46. The summed E-state index contributed by atoms with van der Waals surface area (Å²) in [5, 5.41) is 6.64. The predicted octanol–water partition coefficient (Wildman–Crippen LogP) is 7.36. The molecule has 1 atom stereocenters. The summed E-state index contributed by atoms with van der Waals surface area (Å²) < 4.78 is 11.0. The normalized spacial score (nSPS) is 14.8. The van der Waals surface area contributed by atoms with Crippen LogP contribution in [0.4, 0.5) is 0 Å². The van der Waals surface area contributed by atoms with Crippen molar-refractivity contribution in [1.82, 2.24) is 5.01 Å². The van der Waals surface area contributed by atoms with E-state index in [-0.39, 0.29) is 11.9 Å². The molecule has 5 rings (SSSR count). The first kappa shape index (κ1) is 27.6. The van der Waals surface area contributed by atoms with Gasteiger partial charge in [0.2, 0.25) is 0 Å². The fourth-order valence-corrected chi connectivity index (χ4v) is 4.63. The Morgan fingerprint density at radius 1 is 0.854 bits per heavy atom. The minimum Gasteiger partial charge on any atom is -0.497 e. The van der Waals surface area contributed by atoms with Crippen molar-refractivity contribution in [1.29, 1.82) is 0 Å². The Balaban J connectivity index is 1.45. The van der Waals surface area contributed by atoms with Crippen molar-refractivity contribution < 1.29 is 19.1 Å². The quantitative estimate of drug-likeness (QED) is 0.128. The molecular formula is C34H27ClN2O4. The fraction of sp³-hybridized carbons (Fsp3) is 0.0882. The van der Waals surface area contributed by atoms with Crippen LogP contribution in [-0.2, 0) is 9.59 Å². The number of hydrogen-bond donors (Lipinski definition) is 0. The van der Waals surface area contributed by atoms with E-state index in [1.54, 1.807) is 37.5 Å². The highest BCUT2D eigenvalue weighted by molar-refractivity contribution is 6.31. The number of halogens is 1. The van der Waals surface area contributed by atoms with E-state index in [9.17, 15) is 9.59 Å². The molecule has 0 spiro atoms. The molecule has 4 aromatic rings. The van der Waals surface area contributed by atoms with Gasteiger partial charge in [-0.2, -0.15) is 5.10 Å². The second-order valence-electron chi connectivity index (χ2n) is 9.27. The van der Waals surface area contributed by atoms with E-state index in [2.05, 4.69) is 0 Å². The zero-order valence-electron chi connectivity index (χ0n) is 22.3. The lowest BCUT2D eigenvalue weighted by molar-refractivity contribution is -0.129. The van der Waals surface area contributed by atoms with Crippen LogP contribution in [0.3, 0.4) is 0 Å². The van der Waals surface area contributed by atoms with Gasteiger partial charge < -0.3 is 9.47 Å². The van der Waals surface area contributed by atoms with Crippen LogP contribution in [0.5, 0.6) is 11.5 Å². The first-order valence-corrected chi connectivity index (χ1v) is 13.4. The first-order valence-electron chi connectivity index (χ1n) is 13.0. The van der Waals surface area contributed by atoms with Crippen LogP contribution in [0.25, 0.3) is 12.2 Å². The van der Waals surface area contributed by atoms with Crippen molar-refractivity contribution in [3.05, 3.63) is 143 Å². The van der Waals surface area contributed by atoms with Gasteiger partial charge in [0, 0.05) is 29.2 Å². The largest absolute Gasteiger partial charge is 0.497 e. The van der Waals surface area contributed by atoms with Crippen LogP contribution in [0.2, 0.25) is 5.02 Å². The number of carbonyl (C=O) groups excluding carboxylic acids is 2. The Bertz CT molecular complexity index is 1610. The van der Waals surface area contributed by atoms with Crippen molar-refractivity contribution in [2.45, 2.75) is 12.5 Å². The average molecular weight is 563 g/mol. The van der Waals surface area contributed by atoms with Crippen molar-refractivity contribution in [2.24, 2.45) is 5.10 Å². The Morgan fingerprint density at radius 2 is 1.49 bits per heavy atom. The van der Waals surface area contributed by atoms with E-state index in [1.807, 2.05) is 84.9 Å². The van der Waals surface area contributed by atoms with Crippen LogP contribution < -0.4 is 9.47 Å². The van der Waals surface area contributed by atoms with Gasteiger partial charge in [-0.05, 0) is 59.2 Å². The highest BCUT2D eigenvalue weighted by Gasteiger charge is 2.33. The van der Waals surface area contributed by atoms with Crippen molar-refractivity contribution in [2.75, 3.05) is 7.11 Å². The predicted molar refractivity (Wildman–Crippen MR) is 162 cm³/mol. The molecule has 1 heterocycles. The van der Waals surface area contributed by atoms with E-state index in [4.69, 9.17) is 26.2 Å². The summed E-state index contributed by atoms with van der Waals surface area (Å²) in [6, 6.07) is 31.2. The molecule has 1 aliphatic rings. The number of hydrogen-bond acceptors (Lipinski definition) is 5. The second-order valence-corrected chi connectivity index (χ2v) is 9.71. The number of hydrazone groups is 1. The van der Waals surface area contributed by atoms with Gasteiger partial charge in [0.25, 0.3) is 5.91 Å². The van der Waals surface area contributed by atoms with Gasteiger partial charge in [0.1, 0.15) is 11.5 Å². The molecule has 7 heteroatoms. The topological polar surface area (TPSA) is 68.2 Å². The maximum Gasteiger partial charge on any atom is 0.336 e. The van der Waals surface area contributed by atoms with Crippen LogP contribution in [0.1, 0.15) is 34.7 Å². The molecule has 0 saturated carbocycles. The smallest absolute Gasteiger partial charge is 0.336 e. The van der Waals surface area contributed by atoms with Crippen molar-refractivity contribution >= 4 is 41.3 Å². The number of methoxy groups -OCH3 is 1. The number of amides is 1. The molecule has 4 aromatic carbocycles. The van der Waals surface area contributed by atoms with E-state index < -0.39 is 5.97 Å². The van der Waals surface area contributed by atoms with Gasteiger partial charge in [-0.1, -0.05) is 84.4 Å². The van der Waals surface area contributed by atoms with Crippen LogP contribution in [0, 0.1) is 0 Å². The van der Waals surface area contributed by atoms with Gasteiger partial charge in [0.15, 0.2) is 0 Å². The third kappa shape index (κ3) is 6.99. The molecule has 204 valence electrons. The van der Waals surface area contributed by atoms with E-state index >= 15 is 0 Å². The number of esters is 1. The van der Waals surface area contributed by atoms with Crippen molar-refractivity contribution in [3.8, 4) is 11.5 Å². The SMILES string of the molecule is COc1ccc([C@@H]2CC(c3cc(Cl)ccc3OC(=O)/C=C/c3ccccc3)=NN2C(=O)/C=C/c2ccccc2)cc1. The van der Waals surface area contributed by atoms with Crippen LogP contribution >= 0.6 is 11.6 Å². The molecule has 0 radical (unpaired) electrons. The summed E-state index contributed by atoms with van der Waals surface area (Å²) in [5.74, 6) is 0.193. The van der Waals surface area contributed by atoms with E-state index in [1.165, 1.54) is 17.2 Å². The molecule has 41 heavy (non-hydrogen) atoms. The molecular weight excluding hydrogens is 536 g/mol. The molecule has 0 aliphatic carbocycles. The molecule has 1 aliphatic heterocycles. The Morgan fingerprint density at radius 3 is 2.12 bits per heavy atom. The monoisotopic (exact) mass is 562 g/mol. The molecule has 0 saturated heterocycles. The summed E-state index contributed by atoms with van der Waals surface area (Å²) in [4.78, 5) is 26.1. The third-order valence-electron chi connectivity index (χ3n) is 6.53.